The molecular formula is C21H28N2O3. The van der Waals surface area contributed by atoms with Gasteiger partial charge in [0.1, 0.15) is 6.04 Å². The van der Waals surface area contributed by atoms with E-state index in [9.17, 15) is 4.79 Å². The number of amides is 1. The summed E-state index contributed by atoms with van der Waals surface area (Å²) < 4.78 is 10.9. The molecule has 2 rings (SSSR count). The lowest BCUT2D eigenvalue weighted by Crippen LogP contribution is -2.28. The lowest BCUT2D eigenvalue weighted by atomic mass is 10.0. The molecule has 2 aromatic rings. The zero-order valence-corrected chi connectivity index (χ0v) is 15.7. The maximum absolute atomic E-state index is 12.5. The van der Waals surface area contributed by atoms with Crippen LogP contribution in [0.1, 0.15) is 35.2 Å². The summed E-state index contributed by atoms with van der Waals surface area (Å²) in [5, 5.41) is 2.93. The Balaban J connectivity index is 1.98. The molecule has 2 aromatic carbocycles. The van der Waals surface area contributed by atoms with Gasteiger partial charge in [-0.25, -0.2) is 0 Å². The van der Waals surface area contributed by atoms with Crippen molar-refractivity contribution in [2.75, 3.05) is 25.1 Å². The molecule has 1 amide bonds. The van der Waals surface area contributed by atoms with Gasteiger partial charge in [0, 0.05) is 12.3 Å². The SMILES string of the molecule is CCOCCOCc1cccc(NC(=O)C(N)c2ccc(C)cc2)c1C. The first-order valence-corrected chi connectivity index (χ1v) is 8.90. The van der Waals surface area contributed by atoms with E-state index >= 15 is 0 Å². The Morgan fingerprint density at radius 1 is 1.08 bits per heavy atom. The van der Waals surface area contributed by atoms with Gasteiger partial charge < -0.3 is 20.5 Å². The quantitative estimate of drug-likeness (QED) is 0.675. The molecule has 3 N–H and O–H groups in total. The number of rotatable bonds is 9. The van der Waals surface area contributed by atoms with Crippen LogP contribution in [0, 0.1) is 13.8 Å². The van der Waals surface area contributed by atoms with Crippen molar-refractivity contribution in [2.24, 2.45) is 5.73 Å². The number of aryl methyl sites for hydroxylation is 1. The maximum atomic E-state index is 12.5. The van der Waals surface area contributed by atoms with Crippen LogP contribution in [0.15, 0.2) is 42.5 Å². The molecule has 0 bridgehead atoms. The van der Waals surface area contributed by atoms with E-state index in [0.717, 1.165) is 27.9 Å². The van der Waals surface area contributed by atoms with Gasteiger partial charge in [0.2, 0.25) is 5.91 Å². The van der Waals surface area contributed by atoms with Crippen molar-refractivity contribution in [1.82, 2.24) is 0 Å². The minimum atomic E-state index is -0.707. The van der Waals surface area contributed by atoms with Crippen molar-refractivity contribution in [1.29, 1.82) is 0 Å². The Labute approximate surface area is 155 Å². The number of nitrogens with one attached hydrogen (secondary N) is 1. The average Bonchev–Trinajstić information content (AvgIpc) is 2.64. The summed E-state index contributed by atoms with van der Waals surface area (Å²) in [6, 6.07) is 12.7. The molecule has 0 fully saturated rings. The van der Waals surface area contributed by atoms with Crippen LogP contribution in [-0.4, -0.2) is 25.7 Å². The molecule has 0 aliphatic rings. The fourth-order valence-corrected chi connectivity index (χ4v) is 2.56. The predicted molar refractivity (Wildman–Crippen MR) is 104 cm³/mol. The summed E-state index contributed by atoms with van der Waals surface area (Å²) in [6.07, 6.45) is 0. The van der Waals surface area contributed by atoms with Crippen LogP contribution >= 0.6 is 0 Å². The normalized spacial score (nSPS) is 12.0. The largest absolute Gasteiger partial charge is 0.379 e. The van der Waals surface area contributed by atoms with Crippen molar-refractivity contribution < 1.29 is 14.3 Å². The van der Waals surface area contributed by atoms with Crippen LogP contribution in [0.25, 0.3) is 0 Å². The second-order valence-electron chi connectivity index (χ2n) is 6.22. The van der Waals surface area contributed by atoms with Gasteiger partial charge in [-0.3, -0.25) is 4.79 Å². The summed E-state index contributed by atoms with van der Waals surface area (Å²) >= 11 is 0. The van der Waals surface area contributed by atoms with Gasteiger partial charge in [-0.15, -0.1) is 0 Å². The summed E-state index contributed by atoms with van der Waals surface area (Å²) in [6.45, 7) is 8.21. The smallest absolute Gasteiger partial charge is 0.245 e. The van der Waals surface area contributed by atoms with Gasteiger partial charge in [-0.2, -0.15) is 0 Å². The summed E-state index contributed by atoms with van der Waals surface area (Å²) in [5.74, 6) is -0.230. The first-order chi connectivity index (χ1) is 12.5. The molecule has 0 aliphatic carbocycles. The predicted octanol–water partition coefficient (Wildman–Crippen LogP) is 3.50. The van der Waals surface area contributed by atoms with Gasteiger partial charge >= 0.3 is 0 Å². The Kier molecular flexibility index (Phi) is 7.78. The third-order valence-corrected chi connectivity index (χ3v) is 4.26. The van der Waals surface area contributed by atoms with Crippen LogP contribution in [0.4, 0.5) is 5.69 Å². The van der Waals surface area contributed by atoms with E-state index in [1.807, 2.05) is 63.2 Å². The van der Waals surface area contributed by atoms with Crippen molar-refractivity contribution in [2.45, 2.75) is 33.4 Å². The van der Waals surface area contributed by atoms with Crippen molar-refractivity contribution >= 4 is 11.6 Å². The number of ether oxygens (including phenoxy) is 2. The van der Waals surface area contributed by atoms with Gasteiger partial charge in [-0.05, 0) is 43.5 Å². The standard InChI is InChI=1S/C21H28N2O3/c1-4-25-12-13-26-14-18-6-5-7-19(16(18)3)23-21(24)20(22)17-10-8-15(2)9-11-17/h5-11,20H,4,12-14,22H2,1-3H3,(H,23,24). The fraction of sp³-hybridized carbons (Fsp3) is 0.381. The molecule has 5 nitrogen and oxygen atoms in total. The lowest BCUT2D eigenvalue weighted by Gasteiger charge is -2.16. The molecule has 0 aromatic heterocycles. The molecule has 0 heterocycles. The maximum Gasteiger partial charge on any atom is 0.245 e. The average molecular weight is 356 g/mol. The van der Waals surface area contributed by atoms with Gasteiger partial charge in [0.15, 0.2) is 0 Å². The molecule has 0 saturated carbocycles. The number of hydrogen-bond donors (Lipinski definition) is 2. The van der Waals surface area contributed by atoms with E-state index in [1.54, 1.807) is 0 Å². The summed E-state index contributed by atoms with van der Waals surface area (Å²) in [4.78, 5) is 12.5. The van der Waals surface area contributed by atoms with Gasteiger partial charge in [0.05, 0.1) is 19.8 Å². The molecule has 1 atom stereocenters. The fourth-order valence-electron chi connectivity index (χ4n) is 2.56. The second-order valence-corrected chi connectivity index (χ2v) is 6.22. The first-order valence-electron chi connectivity index (χ1n) is 8.90. The summed E-state index contributed by atoms with van der Waals surface area (Å²) in [7, 11) is 0. The van der Waals surface area contributed by atoms with Crippen LogP contribution in [-0.2, 0) is 20.9 Å². The highest BCUT2D eigenvalue weighted by atomic mass is 16.5. The summed E-state index contributed by atoms with van der Waals surface area (Å²) in [5.41, 5.74) is 10.8. The molecular weight excluding hydrogens is 328 g/mol. The Morgan fingerprint density at radius 3 is 2.46 bits per heavy atom. The molecule has 0 saturated heterocycles. The van der Waals surface area contributed by atoms with Gasteiger partial charge in [-0.1, -0.05) is 42.0 Å². The van der Waals surface area contributed by atoms with Crippen molar-refractivity contribution in [3.05, 3.63) is 64.7 Å². The molecule has 140 valence electrons. The number of nitrogens with two attached hydrogens (primary N) is 1. The number of hydrogen-bond acceptors (Lipinski definition) is 4. The van der Waals surface area contributed by atoms with E-state index in [4.69, 9.17) is 15.2 Å². The first kappa shape index (κ1) is 20.1. The zero-order valence-electron chi connectivity index (χ0n) is 15.7. The Hall–Kier alpha value is -2.21. The molecule has 26 heavy (non-hydrogen) atoms. The molecule has 5 heteroatoms. The second kappa shape index (κ2) is 10.1. The highest BCUT2D eigenvalue weighted by molar-refractivity contribution is 5.96. The third-order valence-electron chi connectivity index (χ3n) is 4.26. The topological polar surface area (TPSA) is 73.6 Å². The highest BCUT2D eigenvalue weighted by Gasteiger charge is 2.17. The van der Waals surface area contributed by atoms with Gasteiger partial charge in [0.25, 0.3) is 0 Å². The molecule has 0 spiro atoms. The Morgan fingerprint density at radius 2 is 1.77 bits per heavy atom. The minimum absolute atomic E-state index is 0.230. The molecule has 0 radical (unpaired) electrons. The van der Waals surface area contributed by atoms with Crippen LogP contribution in [0.2, 0.25) is 0 Å². The number of carbonyl (C=O) groups is 1. The van der Waals surface area contributed by atoms with Crippen LogP contribution in [0.5, 0.6) is 0 Å². The monoisotopic (exact) mass is 356 g/mol. The number of benzene rings is 2. The zero-order chi connectivity index (χ0) is 18.9. The van der Waals surface area contributed by atoms with Crippen molar-refractivity contribution in [3.63, 3.8) is 0 Å². The van der Waals surface area contributed by atoms with E-state index in [1.165, 1.54) is 0 Å². The van der Waals surface area contributed by atoms with Crippen LogP contribution < -0.4 is 11.1 Å². The lowest BCUT2D eigenvalue weighted by molar-refractivity contribution is -0.117. The minimum Gasteiger partial charge on any atom is -0.379 e. The number of carbonyl (C=O) groups excluding carboxylic acids is 1. The van der Waals surface area contributed by atoms with E-state index in [0.29, 0.717) is 26.4 Å². The van der Waals surface area contributed by atoms with E-state index in [-0.39, 0.29) is 5.91 Å². The van der Waals surface area contributed by atoms with Crippen LogP contribution in [0.3, 0.4) is 0 Å². The van der Waals surface area contributed by atoms with E-state index < -0.39 is 6.04 Å². The van der Waals surface area contributed by atoms with Crippen molar-refractivity contribution in [3.8, 4) is 0 Å². The Bertz CT molecular complexity index is 714. The number of anilines is 1. The highest BCUT2D eigenvalue weighted by Crippen LogP contribution is 2.21. The molecule has 0 aliphatic heterocycles. The molecule has 1 unspecified atom stereocenters. The third kappa shape index (κ3) is 5.66. The van der Waals surface area contributed by atoms with E-state index in [2.05, 4.69) is 5.32 Å².